The van der Waals surface area contributed by atoms with Gasteiger partial charge in [-0.2, -0.15) is 9.36 Å². The minimum absolute atomic E-state index is 0.104. The molecule has 0 radical (unpaired) electrons. The van der Waals surface area contributed by atoms with Crippen molar-refractivity contribution in [2.75, 3.05) is 5.32 Å². The highest BCUT2D eigenvalue weighted by atomic mass is 32.1. The third kappa shape index (κ3) is 3.79. The molecule has 1 heterocycles. The molecule has 0 aromatic carbocycles. The third-order valence-corrected chi connectivity index (χ3v) is 2.02. The van der Waals surface area contributed by atoms with Gasteiger partial charge in [0.1, 0.15) is 6.10 Å². The minimum Gasteiger partial charge on any atom is -0.476 e. The molecule has 2 N–H and O–H groups in total. The molecule has 92 valence electrons. The number of carbonyl (C=O) groups excluding carboxylic acids is 1. The number of carboxylic acids is 1. The lowest BCUT2D eigenvalue weighted by atomic mass is 10.4. The standard InChI is InChI=1S/C8H10N4O4S/c1-4(2)16-11-5(7(14)15)6-10-8(9-3-13)17-12-6/h3-4H,1-2H3,(H,14,15)(H,9,10,12,13). The van der Waals surface area contributed by atoms with Gasteiger partial charge in [0.05, 0.1) is 0 Å². The van der Waals surface area contributed by atoms with Crippen molar-refractivity contribution in [2.45, 2.75) is 20.0 Å². The zero-order valence-electron chi connectivity index (χ0n) is 9.08. The Bertz CT molecular complexity index is 442. The van der Waals surface area contributed by atoms with Gasteiger partial charge in [0.2, 0.25) is 23.1 Å². The average Bonchev–Trinajstić information content (AvgIpc) is 2.66. The zero-order chi connectivity index (χ0) is 12.8. The van der Waals surface area contributed by atoms with Gasteiger partial charge in [-0.25, -0.2) is 4.79 Å². The molecule has 1 rings (SSSR count). The zero-order valence-corrected chi connectivity index (χ0v) is 9.89. The molecule has 0 spiro atoms. The Balaban J connectivity index is 2.93. The van der Waals surface area contributed by atoms with Crippen molar-refractivity contribution in [2.24, 2.45) is 5.16 Å². The topological polar surface area (TPSA) is 114 Å². The van der Waals surface area contributed by atoms with E-state index in [9.17, 15) is 9.59 Å². The number of aliphatic carboxylic acids is 1. The van der Waals surface area contributed by atoms with E-state index >= 15 is 0 Å². The van der Waals surface area contributed by atoms with E-state index in [4.69, 9.17) is 9.94 Å². The fourth-order valence-corrected chi connectivity index (χ4v) is 1.29. The quantitative estimate of drug-likeness (QED) is 0.431. The number of oxime groups is 1. The van der Waals surface area contributed by atoms with Crippen LogP contribution in [0.3, 0.4) is 0 Å². The number of amides is 1. The van der Waals surface area contributed by atoms with Crippen LogP contribution in [0, 0.1) is 0 Å². The summed E-state index contributed by atoms with van der Waals surface area (Å²) in [7, 11) is 0. The highest BCUT2D eigenvalue weighted by molar-refractivity contribution is 7.10. The predicted molar refractivity (Wildman–Crippen MR) is 60.0 cm³/mol. The van der Waals surface area contributed by atoms with Gasteiger partial charge in [0.15, 0.2) is 0 Å². The van der Waals surface area contributed by atoms with Crippen molar-refractivity contribution >= 4 is 34.8 Å². The summed E-state index contributed by atoms with van der Waals surface area (Å²) < 4.78 is 3.75. The monoisotopic (exact) mass is 258 g/mol. The van der Waals surface area contributed by atoms with Crippen LogP contribution in [0.25, 0.3) is 0 Å². The molecule has 8 nitrogen and oxygen atoms in total. The van der Waals surface area contributed by atoms with Crippen molar-refractivity contribution in [3.05, 3.63) is 5.82 Å². The summed E-state index contributed by atoms with van der Waals surface area (Å²) in [4.78, 5) is 29.7. The molecule has 0 fully saturated rings. The Kier molecular flexibility index (Phi) is 4.52. The molecule has 0 aliphatic heterocycles. The van der Waals surface area contributed by atoms with Crippen LogP contribution < -0.4 is 5.32 Å². The van der Waals surface area contributed by atoms with Crippen LogP contribution in [0.1, 0.15) is 19.7 Å². The first kappa shape index (κ1) is 13.0. The van der Waals surface area contributed by atoms with Gasteiger partial charge in [0.25, 0.3) is 0 Å². The van der Waals surface area contributed by atoms with E-state index in [1.807, 2.05) is 0 Å². The lowest BCUT2D eigenvalue weighted by Crippen LogP contribution is -2.17. The van der Waals surface area contributed by atoms with E-state index in [0.717, 1.165) is 11.5 Å². The van der Waals surface area contributed by atoms with Gasteiger partial charge in [-0.05, 0) is 13.8 Å². The highest BCUT2D eigenvalue weighted by Gasteiger charge is 2.19. The molecule has 1 aromatic rings. The number of hydrogen-bond acceptors (Lipinski definition) is 7. The molecule has 0 aliphatic rings. The molecule has 0 unspecified atom stereocenters. The number of nitrogens with one attached hydrogen (secondary N) is 1. The van der Waals surface area contributed by atoms with Crippen molar-refractivity contribution in [3.8, 4) is 0 Å². The van der Waals surface area contributed by atoms with Crippen LogP contribution in [-0.4, -0.2) is 38.7 Å². The number of nitrogens with zero attached hydrogens (tertiary/aromatic N) is 3. The first-order valence-electron chi connectivity index (χ1n) is 4.56. The molecule has 0 saturated carbocycles. The number of anilines is 1. The van der Waals surface area contributed by atoms with Crippen LogP contribution >= 0.6 is 11.5 Å². The number of aromatic nitrogens is 2. The number of carbonyl (C=O) groups is 2. The van der Waals surface area contributed by atoms with Crippen molar-refractivity contribution < 1.29 is 19.5 Å². The second kappa shape index (κ2) is 5.89. The Morgan fingerprint density at radius 3 is 2.88 bits per heavy atom. The molecule has 1 amide bonds. The summed E-state index contributed by atoms with van der Waals surface area (Å²) in [6, 6.07) is 0. The lowest BCUT2D eigenvalue weighted by Gasteiger charge is -2.02. The normalized spacial score (nSPS) is 11.4. The molecule has 17 heavy (non-hydrogen) atoms. The van der Waals surface area contributed by atoms with Crippen LogP contribution in [-0.2, 0) is 14.4 Å². The van der Waals surface area contributed by atoms with E-state index in [1.54, 1.807) is 13.8 Å². The number of rotatable bonds is 6. The fourth-order valence-electron chi connectivity index (χ4n) is 0.762. The Morgan fingerprint density at radius 1 is 1.65 bits per heavy atom. The summed E-state index contributed by atoms with van der Waals surface area (Å²) in [5, 5.41) is 14.8. The van der Waals surface area contributed by atoms with Crippen molar-refractivity contribution in [1.29, 1.82) is 0 Å². The molecule has 9 heteroatoms. The largest absolute Gasteiger partial charge is 0.476 e. The predicted octanol–water partition coefficient (Wildman–Crippen LogP) is 0.320. The van der Waals surface area contributed by atoms with Crippen molar-refractivity contribution in [3.63, 3.8) is 0 Å². The van der Waals surface area contributed by atoms with Crippen LogP contribution in [0.4, 0.5) is 5.13 Å². The summed E-state index contributed by atoms with van der Waals surface area (Å²) in [6.45, 7) is 3.41. The maximum Gasteiger partial charge on any atom is 0.362 e. The van der Waals surface area contributed by atoms with E-state index < -0.39 is 11.7 Å². The SMILES string of the molecule is CC(C)ON=C(C(=O)O)c1nsc(NC=O)n1. The maximum atomic E-state index is 10.9. The maximum absolute atomic E-state index is 10.9. The van der Waals surface area contributed by atoms with E-state index in [2.05, 4.69) is 19.8 Å². The fraction of sp³-hybridized carbons (Fsp3) is 0.375. The second-order valence-electron chi connectivity index (χ2n) is 3.08. The van der Waals surface area contributed by atoms with Gasteiger partial charge in [0, 0.05) is 11.5 Å². The lowest BCUT2D eigenvalue weighted by molar-refractivity contribution is -0.129. The molecule has 0 bridgehead atoms. The minimum atomic E-state index is -1.30. The highest BCUT2D eigenvalue weighted by Crippen LogP contribution is 2.11. The van der Waals surface area contributed by atoms with Gasteiger partial charge in [-0.15, -0.1) is 0 Å². The Labute approximate surface area is 100 Å². The van der Waals surface area contributed by atoms with Gasteiger partial charge in [-0.1, -0.05) is 5.16 Å². The Morgan fingerprint density at radius 2 is 2.35 bits per heavy atom. The average molecular weight is 258 g/mol. The van der Waals surface area contributed by atoms with Gasteiger partial charge >= 0.3 is 5.97 Å². The van der Waals surface area contributed by atoms with Gasteiger partial charge in [-0.3, -0.25) is 4.79 Å². The second-order valence-corrected chi connectivity index (χ2v) is 3.84. The molecule has 1 aromatic heterocycles. The molecule has 0 atom stereocenters. The summed E-state index contributed by atoms with van der Waals surface area (Å²) in [5.74, 6) is -1.41. The summed E-state index contributed by atoms with van der Waals surface area (Å²) in [6.07, 6.45) is 0.169. The molecular formula is C8H10N4O4S. The molecule has 0 aliphatic carbocycles. The van der Waals surface area contributed by atoms with Crippen molar-refractivity contribution in [1.82, 2.24) is 9.36 Å². The van der Waals surface area contributed by atoms with Crippen LogP contribution in [0.5, 0.6) is 0 Å². The van der Waals surface area contributed by atoms with Gasteiger partial charge < -0.3 is 15.3 Å². The first-order valence-corrected chi connectivity index (χ1v) is 5.33. The van der Waals surface area contributed by atoms with E-state index in [-0.39, 0.29) is 17.1 Å². The summed E-state index contributed by atoms with van der Waals surface area (Å²) in [5.41, 5.74) is -0.408. The van der Waals surface area contributed by atoms with Crippen LogP contribution in [0.15, 0.2) is 5.16 Å². The Hall–Kier alpha value is -2.03. The molecular weight excluding hydrogens is 248 g/mol. The van der Waals surface area contributed by atoms with Crippen LogP contribution in [0.2, 0.25) is 0 Å². The third-order valence-electron chi connectivity index (χ3n) is 1.38. The van der Waals surface area contributed by atoms with E-state index in [0.29, 0.717) is 6.41 Å². The first-order chi connectivity index (χ1) is 8.04. The molecule has 0 saturated heterocycles. The number of hydrogen-bond donors (Lipinski definition) is 2. The smallest absolute Gasteiger partial charge is 0.362 e. The number of carboxylic acid groups (broad SMARTS) is 1. The summed E-state index contributed by atoms with van der Waals surface area (Å²) >= 11 is 0.851. The van der Waals surface area contributed by atoms with E-state index in [1.165, 1.54) is 0 Å².